The Bertz CT molecular complexity index is 695. The van der Waals surface area contributed by atoms with Gasteiger partial charge in [0.05, 0.1) is 4.92 Å². The first-order valence-corrected chi connectivity index (χ1v) is 6.03. The van der Waals surface area contributed by atoms with E-state index in [9.17, 15) is 19.7 Å². The number of nitriles is 1. The highest BCUT2D eigenvalue weighted by atomic mass is 35.5. The maximum atomic E-state index is 11.5. The number of hydrogen-bond acceptors (Lipinski definition) is 6. The summed E-state index contributed by atoms with van der Waals surface area (Å²) in [7, 11) is 0. The van der Waals surface area contributed by atoms with Gasteiger partial charge in [-0.2, -0.15) is 5.26 Å². The first-order valence-electron chi connectivity index (χ1n) is 5.66. The van der Waals surface area contributed by atoms with Gasteiger partial charge < -0.3 is 15.7 Å². The number of halogens is 1. The maximum absolute atomic E-state index is 11.5. The largest absolute Gasteiger partial charge is 0.480 e. The van der Waals surface area contributed by atoms with E-state index in [0.717, 1.165) is 12.3 Å². The number of benzene rings is 1. The molecule has 0 heterocycles. The van der Waals surface area contributed by atoms with Gasteiger partial charge in [-0.15, -0.1) is 0 Å². The Morgan fingerprint density at radius 2 is 2.18 bits per heavy atom. The van der Waals surface area contributed by atoms with Crippen molar-refractivity contribution in [3.05, 3.63) is 45.1 Å². The number of nitrogens with one attached hydrogen (secondary N) is 2. The minimum Gasteiger partial charge on any atom is -0.480 e. The number of nitrogens with zero attached hydrogens (tertiary/aromatic N) is 2. The van der Waals surface area contributed by atoms with Crippen LogP contribution in [-0.2, 0) is 9.59 Å². The Kier molecular flexibility index (Phi) is 5.85. The molecule has 9 nitrogen and oxygen atoms in total. The molecule has 0 atom stereocenters. The number of nitro benzene ring substituents is 1. The van der Waals surface area contributed by atoms with Gasteiger partial charge in [0.2, 0.25) is 0 Å². The Balaban J connectivity index is 2.87. The number of anilines is 1. The van der Waals surface area contributed by atoms with Crippen LogP contribution in [0.1, 0.15) is 0 Å². The van der Waals surface area contributed by atoms with Crippen LogP contribution in [0.5, 0.6) is 0 Å². The third-order valence-corrected chi connectivity index (χ3v) is 2.61. The molecule has 1 aromatic carbocycles. The highest BCUT2D eigenvalue weighted by Crippen LogP contribution is 2.27. The SMILES string of the molecule is N#C/C(=C/Nc1ccc(Cl)c([N+](=O)[O-])c1)C(=O)NCC(=O)O. The third kappa shape index (κ3) is 4.77. The van der Waals surface area contributed by atoms with E-state index in [1.54, 1.807) is 6.07 Å². The molecule has 10 heteroatoms. The summed E-state index contributed by atoms with van der Waals surface area (Å²) in [5.74, 6) is -2.15. The van der Waals surface area contributed by atoms with E-state index >= 15 is 0 Å². The summed E-state index contributed by atoms with van der Waals surface area (Å²) in [5.41, 5.74) is -0.498. The molecule has 0 bridgehead atoms. The predicted octanol–water partition coefficient (Wildman–Crippen LogP) is 1.27. The number of hydrogen-bond donors (Lipinski definition) is 3. The van der Waals surface area contributed by atoms with E-state index in [1.165, 1.54) is 12.1 Å². The number of carbonyl (C=O) groups excluding carboxylic acids is 1. The third-order valence-electron chi connectivity index (χ3n) is 2.29. The highest BCUT2D eigenvalue weighted by Gasteiger charge is 2.13. The normalized spacial score (nSPS) is 10.5. The molecule has 0 unspecified atom stereocenters. The van der Waals surface area contributed by atoms with Crippen molar-refractivity contribution in [2.24, 2.45) is 0 Å². The second-order valence-electron chi connectivity index (χ2n) is 3.81. The molecule has 114 valence electrons. The second-order valence-corrected chi connectivity index (χ2v) is 4.22. The fourth-order valence-electron chi connectivity index (χ4n) is 1.30. The second kappa shape index (κ2) is 7.61. The van der Waals surface area contributed by atoms with Gasteiger partial charge in [-0.05, 0) is 12.1 Å². The molecule has 0 aliphatic carbocycles. The van der Waals surface area contributed by atoms with Crippen LogP contribution in [0.15, 0.2) is 30.0 Å². The number of amides is 1. The summed E-state index contributed by atoms with van der Waals surface area (Å²) in [6.07, 6.45) is 1.00. The van der Waals surface area contributed by atoms with Crippen LogP contribution in [0.4, 0.5) is 11.4 Å². The molecule has 0 aliphatic rings. The summed E-state index contributed by atoms with van der Waals surface area (Å²) in [6, 6.07) is 5.40. The average Bonchev–Trinajstić information content (AvgIpc) is 2.46. The van der Waals surface area contributed by atoms with Crippen LogP contribution in [0, 0.1) is 21.4 Å². The van der Waals surface area contributed by atoms with E-state index in [1.807, 2.05) is 5.32 Å². The van der Waals surface area contributed by atoms with Crippen molar-refractivity contribution in [2.45, 2.75) is 0 Å². The van der Waals surface area contributed by atoms with Crippen LogP contribution in [-0.4, -0.2) is 28.5 Å². The molecule has 0 aromatic heterocycles. The van der Waals surface area contributed by atoms with Crippen molar-refractivity contribution < 1.29 is 19.6 Å². The van der Waals surface area contributed by atoms with Crippen LogP contribution < -0.4 is 10.6 Å². The zero-order chi connectivity index (χ0) is 16.7. The minimum atomic E-state index is -1.26. The number of carboxylic acid groups (broad SMARTS) is 1. The smallest absolute Gasteiger partial charge is 0.322 e. The molecule has 1 aromatic rings. The summed E-state index contributed by atoms with van der Waals surface area (Å²) >= 11 is 5.65. The van der Waals surface area contributed by atoms with Gasteiger partial charge in [0.1, 0.15) is 23.2 Å². The highest BCUT2D eigenvalue weighted by molar-refractivity contribution is 6.32. The summed E-state index contributed by atoms with van der Waals surface area (Å²) in [4.78, 5) is 31.9. The van der Waals surface area contributed by atoms with E-state index in [0.29, 0.717) is 0 Å². The van der Waals surface area contributed by atoms with Gasteiger partial charge in [-0.3, -0.25) is 19.7 Å². The van der Waals surface area contributed by atoms with Gasteiger partial charge in [0, 0.05) is 18.0 Å². The quantitative estimate of drug-likeness (QED) is 0.309. The Morgan fingerprint density at radius 1 is 1.50 bits per heavy atom. The lowest BCUT2D eigenvalue weighted by Crippen LogP contribution is -2.30. The lowest BCUT2D eigenvalue weighted by molar-refractivity contribution is -0.384. The van der Waals surface area contributed by atoms with E-state index in [4.69, 9.17) is 22.0 Å². The summed E-state index contributed by atoms with van der Waals surface area (Å²) < 4.78 is 0. The lowest BCUT2D eigenvalue weighted by atomic mass is 10.2. The molecule has 0 saturated carbocycles. The molecule has 0 fully saturated rings. The summed E-state index contributed by atoms with van der Waals surface area (Å²) in [6.45, 7) is -0.635. The van der Waals surface area contributed by atoms with Crippen molar-refractivity contribution in [3.63, 3.8) is 0 Å². The number of carbonyl (C=O) groups is 2. The fourth-order valence-corrected chi connectivity index (χ4v) is 1.48. The van der Waals surface area contributed by atoms with Crippen LogP contribution in [0.25, 0.3) is 0 Å². The average molecular weight is 325 g/mol. The van der Waals surface area contributed by atoms with Gasteiger partial charge in [-0.25, -0.2) is 0 Å². The topological polar surface area (TPSA) is 145 Å². The number of rotatable bonds is 6. The first kappa shape index (κ1) is 16.9. The minimum absolute atomic E-state index is 0.0563. The van der Waals surface area contributed by atoms with Gasteiger partial charge in [0.15, 0.2) is 0 Å². The van der Waals surface area contributed by atoms with Crippen molar-refractivity contribution >= 4 is 34.9 Å². The van der Waals surface area contributed by atoms with E-state index in [2.05, 4.69) is 5.32 Å². The van der Waals surface area contributed by atoms with Gasteiger partial charge in [0.25, 0.3) is 11.6 Å². The molecule has 1 rings (SSSR count). The van der Waals surface area contributed by atoms with Crippen LogP contribution in [0.2, 0.25) is 5.02 Å². The molecule has 0 spiro atoms. The zero-order valence-corrected chi connectivity index (χ0v) is 11.6. The number of carboxylic acids is 1. The Labute approximate surface area is 128 Å². The number of nitro groups is 1. The first-order chi connectivity index (χ1) is 10.3. The van der Waals surface area contributed by atoms with Crippen molar-refractivity contribution in [1.29, 1.82) is 5.26 Å². The van der Waals surface area contributed by atoms with E-state index < -0.39 is 23.3 Å². The summed E-state index contributed by atoms with van der Waals surface area (Å²) in [5, 5.41) is 32.5. The molecule has 0 radical (unpaired) electrons. The Hall–Kier alpha value is -3.12. The molecule has 3 N–H and O–H groups in total. The van der Waals surface area contributed by atoms with Crippen molar-refractivity contribution in [3.8, 4) is 6.07 Å². The van der Waals surface area contributed by atoms with Gasteiger partial charge in [-0.1, -0.05) is 11.6 Å². The van der Waals surface area contributed by atoms with Crippen molar-refractivity contribution in [1.82, 2.24) is 5.32 Å². The maximum Gasteiger partial charge on any atom is 0.322 e. The van der Waals surface area contributed by atoms with Crippen molar-refractivity contribution in [2.75, 3.05) is 11.9 Å². The predicted molar refractivity (Wildman–Crippen MR) is 76.1 cm³/mol. The van der Waals surface area contributed by atoms with Crippen LogP contribution in [0.3, 0.4) is 0 Å². The molecular formula is C12H9ClN4O5. The lowest BCUT2D eigenvalue weighted by Gasteiger charge is -2.04. The molecule has 1 amide bonds. The molecule has 0 aliphatic heterocycles. The molecule has 0 saturated heterocycles. The number of aliphatic carboxylic acids is 1. The monoisotopic (exact) mass is 324 g/mol. The standard InChI is InChI=1S/C12H9ClN4O5/c13-9-2-1-8(3-10(9)17(21)22)15-5-7(4-14)12(20)16-6-11(18)19/h1-3,5,15H,6H2,(H,16,20)(H,18,19)/b7-5-. The zero-order valence-electron chi connectivity index (χ0n) is 10.9. The molecule has 22 heavy (non-hydrogen) atoms. The van der Waals surface area contributed by atoms with Crippen LogP contribution >= 0.6 is 11.6 Å². The molecular weight excluding hydrogens is 316 g/mol. The fraction of sp³-hybridized carbons (Fsp3) is 0.0833. The van der Waals surface area contributed by atoms with E-state index in [-0.39, 0.29) is 22.0 Å². The van der Waals surface area contributed by atoms with Gasteiger partial charge >= 0.3 is 5.97 Å². The Morgan fingerprint density at radius 3 is 2.73 bits per heavy atom.